The molecular weight excluding hydrogens is 376 g/mol. The Morgan fingerprint density at radius 3 is 2.67 bits per heavy atom. The molecular formula is C24H24N4O2. The maximum Gasteiger partial charge on any atom is 0.244 e. The molecule has 6 heteroatoms. The van der Waals surface area contributed by atoms with Crippen molar-refractivity contribution in [3.63, 3.8) is 0 Å². The number of rotatable bonds is 6. The highest BCUT2D eigenvalue weighted by atomic mass is 16.2. The number of nitrogens with one attached hydrogen (secondary N) is 2. The number of para-hydroxylation sites is 2. The Hall–Kier alpha value is -3.54. The molecule has 6 nitrogen and oxygen atoms in total. The second-order valence-electron chi connectivity index (χ2n) is 7.51. The normalized spacial score (nSPS) is 14.3. The maximum absolute atomic E-state index is 12.3. The predicted octanol–water partition coefficient (Wildman–Crippen LogP) is 4.09. The average Bonchev–Trinajstić information content (AvgIpc) is 3.32. The number of hydrogen-bond acceptors (Lipinski definition) is 4. The first-order valence-electron chi connectivity index (χ1n) is 10.2. The van der Waals surface area contributed by atoms with Crippen LogP contribution in [0.4, 0.5) is 5.69 Å². The Bertz CT molecular complexity index is 1090. The lowest BCUT2D eigenvalue weighted by Gasteiger charge is -2.11. The van der Waals surface area contributed by atoms with E-state index >= 15 is 0 Å². The van der Waals surface area contributed by atoms with Crippen molar-refractivity contribution in [2.75, 3.05) is 5.32 Å². The van der Waals surface area contributed by atoms with E-state index in [2.05, 4.69) is 20.6 Å². The van der Waals surface area contributed by atoms with Crippen LogP contribution in [-0.4, -0.2) is 21.8 Å². The molecule has 0 spiro atoms. The van der Waals surface area contributed by atoms with Crippen LogP contribution in [0.25, 0.3) is 17.1 Å². The van der Waals surface area contributed by atoms with E-state index in [-0.39, 0.29) is 17.7 Å². The van der Waals surface area contributed by atoms with Crippen molar-refractivity contribution in [2.24, 2.45) is 5.92 Å². The summed E-state index contributed by atoms with van der Waals surface area (Å²) in [4.78, 5) is 33.3. The molecule has 0 bridgehead atoms. The molecule has 4 rings (SSSR count). The quantitative estimate of drug-likeness (QED) is 0.611. The molecule has 2 amide bonds. The largest absolute Gasteiger partial charge is 0.348 e. The summed E-state index contributed by atoms with van der Waals surface area (Å²) in [7, 11) is 0. The molecule has 2 N–H and O–H groups in total. The summed E-state index contributed by atoms with van der Waals surface area (Å²) in [5, 5.41) is 5.85. The van der Waals surface area contributed by atoms with Crippen molar-refractivity contribution in [2.45, 2.75) is 32.2 Å². The average molecular weight is 400 g/mol. The Balaban J connectivity index is 1.31. The predicted molar refractivity (Wildman–Crippen MR) is 117 cm³/mol. The number of fused-ring (bicyclic) bond motifs is 1. The highest BCUT2D eigenvalue weighted by Gasteiger charge is 2.22. The second kappa shape index (κ2) is 9.31. The highest BCUT2D eigenvalue weighted by Crippen LogP contribution is 2.26. The number of amides is 2. The molecule has 1 heterocycles. The molecule has 0 unspecified atom stereocenters. The van der Waals surface area contributed by atoms with Gasteiger partial charge in [0, 0.05) is 24.2 Å². The van der Waals surface area contributed by atoms with Crippen LogP contribution in [0.2, 0.25) is 0 Å². The number of aromatic nitrogens is 2. The van der Waals surface area contributed by atoms with E-state index in [0.717, 1.165) is 48.0 Å². The molecule has 30 heavy (non-hydrogen) atoms. The van der Waals surface area contributed by atoms with Gasteiger partial charge in [-0.1, -0.05) is 37.1 Å². The summed E-state index contributed by atoms with van der Waals surface area (Å²) >= 11 is 0. The number of nitrogens with zero attached hydrogens (tertiary/aromatic N) is 2. The molecule has 3 aromatic rings. The van der Waals surface area contributed by atoms with Gasteiger partial charge < -0.3 is 10.6 Å². The summed E-state index contributed by atoms with van der Waals surface area (Å²) in [6.07, 6.45) is 8.93. The molecule has 1 aliphatic rings. The van der Waals surface area contributed by atoms with Crippen LogP contribution in [0.15, 0.2) is 60.8 Å². The van der Waals surface area contributed by atoms with Gasteiger partial charge in [-0.2, -0.15) is 0 Å². The van der Waals surface area contributed by atoms with E-state index in [1.54, 1.807) is 12.3 Å². The van der Waals surface area contributed by atoms with Gasteiger partial charge in [0.05, 0.1) is 22.9 Å². The SMILES string of the molecule is O=C(C=Cc1cnc2ccccc2n1)NCc1cccc(NC(=O)C2CCCC2)c1. The van der Waals surface area contributed by atoms with Gasteiger partial charge in [0.2, 0.25) is 11.8 Å². The van der Waals surface area contributed by atoms with E-state index in [4.69, 9.17) is 0 Å². The van der Waals surface area contributed by atoms with Crippen LogP contribution in [0.3, 0.4) is 0 Å². The molecule has 1 saturated carbocycles. The number of carbonyl (C=O) groups is 2. The maximum atomic E-state index is 12.3. The smallest absolute Gasteiger partial charge is 0.244 e. The minimum Gasteiger partial charge on any atom is -0.348 e. The topological polar surface area (TPSA) is 84.0 Å². The van der Waals surface area contributed by atoms with E-state index in [9.17, 15) is 9.59 Å². The molecule has 0 radical (unpaired) electrons. The number of benzene rings is 2. The molecule has 1 fully saturated rings. The van der Waals surface area contributed by atoms with Crippen molar-refractivity contribution in [3.05, 3.63) is 72.1 Å². The van der Waals surface area contributed by atoms with Crippen LogP contribution in [-0.2, 0) is 16.1 Å². The molecule has 152 valence electrons. The van der Waals surface area contributed by atoms with Crippen molar-refractivity contribution in [1.29, 1.82) is 0 Å². The summed E-state index contributed by atoms with van der Waals surface area (Å²) < 4.78 is 0. The van der Waals surface area contributed by atoms with Crippen molar-refractivity contribution in [1.82, 2.24) is 15.3 Å². The lowest BCUT2D eigenvalue weighted by Crippen LogP contribution is -2.21. The Kier molecular flexibility index (Phi) is 6.13. The van der Waals surface area contributed by atoms with Crippen molar-refractivity contribution >= 4 is 34.6 Å². The second-order valence-corrected chi connectivity index (χ2v) is 7.51. The minimum absolute atomic E-state index is 0.0908. The molecule has 1 aromatic heterocycles. The van der Waals surface area contributed by atoms with E-state index in [1.807, 2.05) is 48.5 Å². The fourth-order valence-electron chi connectivity index (χ4n) is 3.65. The van der Waals surface area contributed by atoms with Crippen molar-refractivity contribution in [3.8, 4) is 0 Å². The van der Waals surface area contributed by atoms with Crippen LogP contribution in [0.1, 0.15) is 36.9 Å². The summed E-state index contributed by atoms with van der Waals surface area (Å²) in [6.45, 7) is 0.375. The van der Waals surface area contributed by atoms with Crippen LogP contribution in [0, 0.1) is 5.92 Å². The number of carbonyl (C=O) groups excluding carboxylic acids is 2. The first-order chi connectivity index (χ1) is 14.7. The van der Waals surface area contributed by atoms with Crippen molar-refractivity contribution < 1.29 is 9.59 Å². The van der Waals surface area contributed by atoms with Gasteiger partial charge in [-0.3, -0.25) is 14.6 Å². The summed E-state index contributed by atoms with van der Waals surface area (Å²) in [6, 6.07) is 15.2. The first kappa shape index (κ1) is 19.8. The van der Waals surface area contributed by atoms with Crippen LogP contribution in [0.5, 0.6) is 0 Å². The molecule has 0 aliphatic heterocycles. The third kappa shape index (κ3) is 5.08. The molecule has 0 atom stereocenters. The van der Waals surface area contributed by atoms with Crippen LogP contribution < -0.4 is 10.6 Å². The highest BCUT2D eigenvalue weighted by molar-refractivity contribution is 5.93. The molecule has 0 saturated heterocycles. The van der Waals surface area contributed by atoms with Gasteiger partial charge >= 0.3 is 0 Å². The van der Waals surface area contributed by atoms with E-state index < -0.39 is 0 Å². The monoisotopic (exact) mass is 400 g/mol. The third-order valence-corrected chi connectivity index (χ3v) is 5.26. The molecule has 2 aromatic carbocycles. The van der Waals surface area contributed by atoms with Gasteiger partial charge in [0.15, 0.2) is 0 Å². The van der Waals surface area contributed by atoms with Gasteiger partial charge in [0.25, 0.3) is 0 Å². The summed E-state index contributed by atoms with van der Waals surface area (Å²) in [5.74, 6) is -0.00447. The zero-order valence-corrected chi connectivity index (χ0v) is 16.7. The van der Waals surface area contributed by atoms with Crippen LogP contribution >= 0.6 is 0 Å². The number of anilines is 1. The van der Waals surface area contributed by atoms with E-state index in [0.29, 0.717) is 12.2 Å². The first-order valence-corrected chi connectivity index (χ1v) is 10.2. The molecule has 1 aliphatic carbocycles. The summed E-state index contributed by atoms with van der Waals surface area (Å²) in [5.41, 5.74) is 3.92. The lowest BCUT2D eigenvalue weighted by molar-refractivity contribution is -0.119. The van der Waals surface area contributed by atoms with Gasteiger partial charge in [-0.25, -0.2) is 4.98 Å². The standard InChI is InChI=1S/C24H24N4O2/c29-23(13-12-20-16-25-21-10-3-4-11-22(21)27-20)26-15-17-6-5-9-19(14-17)28-24(30)18-7-1-2-8-18/h3-6,9-14,16,18H,1-2,7-8,15H2,(H,26,29)(H,28,30). The lowest BCUT2D eigenvalue weighted by atomic mass is 10.1. The zero-order chi connectivity index (χ0) is 20.8. The Labute approximate surface area is 175 Å². The zero-order valence-electron chi connectivity index (χ0n) is 16.7. The number of hydrogen-bond donors (Lipinski definition) is 2. The fourth-order valence-corrected chi connectivity index (χ4v) is 3.65. The van der Waals surface area contributed by atoms with E-state index in [1.165, 1.54) is 6.08 Å². The van der Waals surface area contributed by atoms with Gasteiger partial charge in [0.1, 0.15) is 0 Å². The fraction of sp³-hybridized carbons (Fsp3) is 0.250. The minimum atomic E-state index is -0.217. The third-order valence-electron chi connectivity index (χ3n) is 5.26. The Morgan fingerprint density at radius 2 is 1.83 bits per heavy atom. The Morgan fingerprint density at radius 1 is 1.03 bits per heavy atom. The van der Waals surface area contributed by atoms with Gasteiger partial charge in [-0.15, -0.1) is 0 Å². The van der Waals surface area contributed by atoms with Gasteiger partial charge in [-0.05, 0) is 48.7 Å².